The van der Waals surface area contributed by atoms with Crippen LogP contribution in [-0.4, -0.2) is 17.3 Å². The lowest BCUT2D eigenvalue weighted by molar-refractivity contribution is -0.182. The van der Waals surface area contributed by atoms with E-state index in [4.69, 9.17) is 0 Å². The summed E-state index contributed by atoms with van der Waals surface area (Å²) in [5.74, 6) is -0.953. The minimum absolute atomic E-state index is 0.0562. The second-order valence-corrected chi connectivity index (χ2v) is 5.24. The lowest BCUT2D eigenvalue weighted by atomic mass is 9.85. The predicted molar refractivity (Wildman–Crippen MR) is 68.3 cm³/mol. The second kappa shape index (κ2) is 5.31. The van der Waals surface area contributed by atoms with Crippen molar-refractivity contribution in [2.24, 2.45) is 5.92 Å². The van der Waals surface area contributed by atoms with Crippen LogP contribution in [0.3, 0.4) is 0 Å². The van der Waals surface area contributed by atoms with Crippen molar-refractivity contribution in [1.82, 2.24) is 0 Å². The van der Waals surface area contributed by atoms with Gasteiger partial charge in [0.1, 0.15) is 5.75 Å². The summed E-state index contributed by atoms with van der Waals surface area (Å²) in [4.78, 5) is 0. The minimum atomic E-state index is -4.06. The molecule has 1 saturated carbocycles. The van der Waals surface area contributed by atoms with Crippen LogP contribution in [-0.2, 0) is 0 Å². The predicted octanol–water partition coefficient (Wildman–Crippen LogP) is 4.23. The zero-order valence-electron chi connectivity index (χ0n) is 10.8. The van der Waals surface area contributed by atoms with Gasteiger partial charge < -0.3 is 10.4 Å². The maximum Gasteiger partial charge on any atom is 0.391 e. The molecule has 2 nitrogen and oxygen atoms in total. The van der Waals surface area contributed by atoms with Gasteiger partial charge in [0.15, 0.2) is 0 Å². The van der Waals surface area contributed by atoms with Gasteiger partial charge in [-0.05, 0) is 44.2 Å². The molecule has 0 saturated heterocycles. The molecule has 0 unspecified atom stereocenters. The van der Waals surface area contributed by atoms with Gasteiger partial charge in [-0.3, -0.25) is 0 Å². The van der Waals surface area contributed by atoms with E-state index in [-0.39, 0.29) is 24.6 Å². The third-order valence-corrected chi connectivity index (χ3v) is 3.77. The molecule has 1 fully saturated rings. The van der Waals surface area contributed by atoms with E-state index >= 15 is 0 Å². The Kier molecular flexibility index (Phi) is 3.92. The number of halogens is 3. The maximum absolute atomic E-state index is 12.5. The Morgan fingerprint density at radius 3 is 2.32 bits per heavy atom. The molecule has 5 heteroatoms. The minimum Gasteiger partial charge on any atom is -0.508 e. The van der Waals surface area contributed by atoms with Crippen molar-refractivity contribution in [3.8, 4) is 5.75 Å². The molecular weight excluding hydrogens is 255 g/mol. The first kappa shape index (κ1) is 14.0. The van der Waals surface area contributed by atoms with E-state index in [0.29, 0.717) is 12.8 Å². The highest BCUT2D eigenvalue weighted by Crippen LogP contribution is 2.38. The van der Waals surface area contributed by atoms with E-state index in [1.165, 1.54) is 0 Å². The van der Waals surface area contributed by atoms with Crippen LogP contribution in [0.5, 0.6) is 5.75 Å². The molecule has 0 heterocycles. The van der Waals surface area contributed by atoms with Gasteiger partial charge in [0.25, 0.3) is 0 Å². The number of hydrogen-bond donors (Lipinski definition) is 2. The number of aromatic hydroxyl groups is 1. The summed E-state index contributed by atoms with van der Waals surface area (Å²) >= 11 is 0. The van der Waals surface area contributed by atoms with Crippen molar-refractivity contribution in [2.45, 2.75) is 44.8 Å². The molecule has 0 amide bonds. The van der Waals surface area contributed by atoms with E-state index in [9.17, 15) is 18.3 Å². The number of alkyl halides is 3. The van der Waals surface area contributed by atoms with Gasteiger partial charge >= 0.3 is 6.18 Å². The summed E-state index contributed by atoms with van der Waals surface area (Å²) < 4.78 is 37.6. The third-order valence-electron chi connectivity index (χ3n) is 3.77. The molecule has 0 radical (unpaired) electrons. The Morgan fingerprint density at radius 2 is 1.79 bits per heavy atom. The molecule has 0 atom stereocenters. The Hall–Kier alpha value is -1.39. The first-order valence-electron chi connectivity index (χ1n) is 6.49. The molecule has 1 aromatic carbocycles. The lowest BCUT2D eigenvalue weighted by Crippen LogP contribution is -2.32. The van der Waals surface area contributed by atoms with Gasteiger partial charge in [-0.15, -0.1) is 0 Å². The number of aryl methyl sites for hydroxylation is 1. The molecule has 2 rings (SSSR count). The van der Waals surface area contributed by atoms with Crippen molar-refractivity contribution in [1.29, 1.82) is 0 Å². The van der Waals surface area contributed by atoms with Crippen LogP contribution < -0.4 is 5.32 Å². The smallest absolute Gasteiger partial charge is 0.391 e. The first-order valence-corrected chi connectivity index (χ1v) is 6.49. The highest BCUT2D eigenvalue weighted by Gasteiger charge is 2.41. The summed E-state index contributed by atoms with van der Waals surface area (Å²) in [5, 5.41) is 12.8. The quantitative estimate of drug-likeness (QED) is 0.845. The number of rotatable bonds is 2. The molecule has 106 valence electrons. The summed E-state index contributed by atoms with van der Waals surface area (Å²) in [5.41, 5.74) is 1.55. The first-order chi connectivity index (χ1) is 8.86. The zero-order valence-corrected chi connectivity index (χ0v) is 10.8. The van der Waals surface area contributed by atoms with Gasteiger partial charge in [0.05, 0.1) is 5.92 Å². The number of benzene rings is 1. The Bertz CT molecular complexity index is 437. The molecule has 0 bridgehead atoms. The maximum atomic E-state index is 12.5. The van der Waals surface area contributed by atoms with Gasteiger partial charge in [0, 0.05) is 17.8 Å². The largest absolute Gasteiger partial charge is 0.508 e. The van der Waals surface area contributed by atoms with Crippen molar-refractivity contribution < 1.29 is 18.3 Å². The summed E-state index contributed by atoms with van der Waals surface area (Å²) in [6.07, 6.45) is -2.68. The number of phenols is 1. The van der Waals surface area contributed by atoms with Crippen molar-refractivity contribution in [3.05, 3.63) is 23.8 Å². The summed E-state index contributed by atoms with van der Waals surface area (Å²) in [6.45, 7) is 1.80. The summed E-state index contributed by atoms with van der Waals surface area (Å²) in [6, 6.07) is 5.30. The van der Waals surface area contributed by atoms with E-state index < -0.39 is 12.1 Å². The monoisotopic (exact) mass is 273 g/mol. The van der Waals surface area contributed by atoms with Gasteiger partial charge in [-0.1, -0.05) is 6.07 Å². The van der Waals surface area contributed by atoms with Gasteiger partial charge in [-0.25, -0.2) is 0 Å². The zero-order chi connectivity index (χ0) is 14.0. The molecule has 0 aliphatic heterocycles. The lowest BCUT2D eigenvalue weighted by Gasteiger charge is -2.30. The number of nitrogens with one attached hydrogen (secondary N) is 1. The standard InChI is InChI=1S/C14H18F3NO/c1-9-2-5-12(8-13(9)19)18-11-6-3-10(4-7-11)14(15,16)17/h2,5,8,10-11,18-19H,3-4,6-7H2,1H3. The van der Waals surface area contributed by atoms with Gasteiger partial charge in [-0.2, -0.15) is 13.2 Å². The van der Waals surface area contributed by atoms with E-state index in [0.717, 1.165) is 11.3 Å². The van der Waals surface area contributed by atoms with Crippen LogP contribution in [0.4, 0.5) is 18.9 Å². The van der Waals surface area contributed by atoms with Crippen LogP contribution in [0, 0.1) is 12.8 Å². The molecule has 2 N–H and O–H groups in total. The van der Waals surface area contributed by atoms with Crippen molar-refractivity contribution in [2.75, 3.05) is 5.32 Å². The molecule has 1 aliphatic carbocycles. The Morgan fingerprint density at radius 1 is 1.16 bits per heavy atom. The number of hydrogen-bond acceptors (Lipinski definition) is 2. The molecule has 1 aromatic rings. The van der Waals surface area contributed by atoms with Gasteiger partial charge in [0.2, 0.25) is 0 Å². The van der Waals surface area contributed by atoms with Crippen LogP contribution >= 0.6 is 0 Å². The van der Waals surface area contributed by atoms with Crippen molar-refractivity contribution in [3.63, 3.8) is 0 Å². The fourth-order valence-corrected chi connectivity index (χ4v) is 2.50. The third kappa shape index (κ3) is 3.55. The molecule has 19 heavy (non-hydrogen) atoms. The van der Waals surface area contributed by atoms with E-state index in [1.807, 2.05) is 6.07 Å². The van der Waals surface area contributed by atoms with Crippen LogP contribution in [0.1, 0.15) is 31.2 Å². The molecular formula is C14H18F3NO. The summed E-state index contributed by atoms with van der Waals surface area (Å²) in [7, 11) is 0. The fourth-order valence-electron chi connectivity index (χ4n) is 2.50. The Balaban J connectivity index is 1.90. The SMILES string of the molecule is Cc1ccc(NC2CCC(C(F)(F)F)CC2)cc1O. The normalized spacial score (nSPS) is 24.2. The van der Waals surface area contributed by atoms with E-state index in [1.54, 1.807) is 19.1 Å². The van der Waals surface area contributed by atoms with Crippen LogP contribution in [0.25, 0.3) is 0 Å². The highest BCUT2D eigenvalue weighted by molar-refractivity contribution is 5.51. The molecule has 0 spiro atoms. The molecule has 0 aromatic heterocycles. The number of phenolic OH excluding ortho intramolecular Hbond substituents is 1. The topological polar surface area (TPSA) is 32.3 Å². The van der Waals surface area contributed by atoms with Crippen molar-refractivity contribution >= 4 is 5.69 Å². The van der Waals surface area contributed by atoms with Crippen LogP contribution in [0.2, 0.25) is 0 Å². The Labute approximate surface area is 110 Å². The average Bonchev–Trinajstić information content (AvgIpc) is 2.33. The highest BCUT2D eigenvalue weighted by atomic mass is 19.4. The second-order valence-electron chi connectivity index (χ2n) is 5.24. The number of anilines is 1. The van der Waals surface area contributed by atoms with E-state index in [2.05, 4.69) is 5.32 Å². The fraction of sp³-hybridized carbons (Fsp3) is 0.571. The average molecular weight is 273 g/mol. The van der Waals surface area contributed by atoms with Crippen LogP contribution in [0.15, 0.2) is 18.2 Å². The molecule has 1 aliphatic rings.